The second kappa shape index (κ2) is 6.71. The fourth-order valence-electron chi connectivity index (χ4n) is 2.46. The summed E-state index contributed by atoms with van der Waals surface area (Å²) in [6.07, 6.45) is 1.56. The van der Waals surface area contributed by atoms with Crippen molar-refractivity contribution < 1.29 is 18.3 Å². The first-order valence-corrected chi connectivity index (χ1v) is 7.96. The van der Waals surface area contributed by atoms with Crippen molar-refractivity contribution in [3.63, 3.8) is 0 Å². The minimum atomic E-state index is -1.22. The number of allylic oxidation sites excluding steroid dienone is 1. The molecule has 0 unspecified atom stereocenters. The van der Waals surface area contributed by atoms with E-state index in [0.717, 1.165) is 0 Å². The van der Waals surface area contributed by atoms with E-state index in [1.165, 1.54) is 0 Å². The Balaban J connectivity index is 2.11. The molecule has 0 N–H and O–H groups in total. The van der Waals surface area contributed by atoms with Crippen LogP contribution in [0.25, 0.3) is 0 Å². The maximum Gasteiger partial charge on any atom is 0.310 e. The summed E-state index contributed by atoms with van der Waals surface area (Å²) in [7, 11) is 0. The molecule has 0 radical (unpaired) electrons. The van der Waals surface area contributed by atoms with E-state index < -0.39 is 40.4 Å². The number of carbonyl (C=O) groups excluding carboxylic acids is 1. The van der Waals surface area contributed by atoms with Gasteiger partial charge in [0.1, 0.15) is 21.1 Å². The van der Waals surface area contributed by atoms with Gasteiger partial charge in [-0.1, -0.05) is 60.3 Å². The Morgan fingerprint density at radius 3 is 2.26 bits per heavy atom. The van der Waals surface area contributed by atoms with E-state index in [9.17, 15) is 13.6 Å². The normalized spacial score (nSPS) is 21.7. The molecule has 0 amide bonds. The lowest BCUT2D eigenvalue weighted by Gasteiger charge is -2.09. The van der Waals surface area contributed by atoms with Crippen LogP contribution in [0, 0.1) is 29.1 Å². The van der Waals surface area contributed by atoms with Gasteiger partial charge >= 0.3 is 5.97 Å². The van der Waals surface area contributed by atoms with Gasteiger partial charge in [-0.2, -0.15) is 13.8 Å². The predicted octanol–water partition coefficient (Wildman–Crippen LogP) is 5.30. The molecule has 0 bridgehead atoms. The first-order chi connectivity index (χ1) is 10.6. The number of rotatable bonds is 4. The Hall–Kier alpha value is -0.620. The first kappa shape index (κ1) is 18.7. The van der Waals surface area contributed by atoms with Gasteiger partial charge in [-0.25, -0.2) is 0 Å². The minimum Gasteiger partial charge on any atom is -0.460 e. The smallest absolute Gasteiger partial charge is 0.310 e. The van der Waals surface area contributed by atoms with E-state index in [2.05, 4.69) is 4.98 Å². The summed E-state index contributed by atoms with van der Waals surface area (Å²) in [6.45, 7) is 3.23. The van der Waals surface area contributed by atoms with E-state index >= 15 is 0 Å². The summed E-state index contributed by atoms with van der Waals surface area (Å²) >= 11 is 22.6. The molecule has 0 aromatic carbocycles. The second-order valence-corrected chi connectivity index (χ2v) is 7.45. The van der Waals surface area contributed by atoms with Gasteiger partial charge in [0.25, 0.3) is 0 Å². The van der Waals surface area contributed by atoms with E-state index in [4.69, 9.17) is 51.1 Å². The third kappa shape index (κ3) is 3.73. The summed E-state index contributed by atoms with van der Waals surface area (Å²) in [5.74, 6) is -3.65. The number of hydrogen-bond acceptors (Lipinski definition) is 3. The third-order valence-corrected chi connectivity index (χ3v) is 4.94. The van der Waals surface area contributed by atoms with E-state index in [0.29, 0.717) is 0 Å². The molecule has 1 heterocycles. The second-order valence-electron chi connectivity index (χ2n) is 5.69. The molecule has 3 nitrogen and oxygen atoms in total. The summed E-state index contributed by atoms with van der Waals surface area (Å²) in [5, 5.41) is -0.973. The van der Waals surface area contributed by atoms with Gasteiger partial charge in [-0.05, 0) is 17.4 Å². The van der Waals surface area contributed by atoms with Crippen molar-refractivity contribution >= 4 is 52.4 Å². The Morgan fingerprint density at radius 2 is 1.78 bits per heavy atom. The van der Waals surface area contributed by atoms with Crippen LogP contribution in [0.15, 0.2) is 10.6 Å². The zero-order chi connectivity index (χ0) is 17.5. The molecule has 1 aromatic heterocycles. The summed E-state index contributed by atoms with van der Waals surface area (Å²) in [4.78, 5) is 15.1. The van der Waals surface area contributed by atoms with Crippen molar-refractivity contribution in [1.82, 2.24) is 4.98 Å². The van der Waals surface area contributed by atoms with E-state index in [1.54, 1.807) is 6.08 Å². The molecule has 2 rings (SSSR count). The van der Waals surface area contributed by atoms with Crippen molar-refractivity contribution in [2.75, 3.05) is 0 Å². The van der Waals surface area contributed by atoms with Crippen LogP contribution in [-0.4, -0.2) is 11.0 Å². The van der Waals surface area contributed by atoms with Crippen LogP contribution in [0.2, 0.25) is 10.0 Å². The lowest BCUT2D eigenvalue weighted by atomic mass is 10.1. The van der Waals surface area contributed by atoms with Crippen molar-refractivity contribution in [3.05, 3.63) is 38.1 Å². The summed E-state index contributed by atoms with van der Waals surface area (Å²) in [6, 6.07) is 0. The lowest BCUT2D eigenvalue weighted by molar-refractivity contribution is -0.147. The van der Waals surface area contributed by atoms with Crippen molar-refractivity contribution in [2.24, 2.45) is 17.3 Å². The zero-order valence-electron chi connectivity index (χ0n) is 12.0. The van der Waals surface area contributed by atoms with E-state index in [-0.39, 0.29) is 21.4 Å². The zero-order valence-corrected chi connectivity index (χ0v) is 15.0. The van der Waals surface area contributed by atoms with Crippen molar-refractivity contribution in [1.29, 1.82) is 0 Å². The highest BCUT2D eigenvalue weighted by atomic mass is 35.5. The number of carbonyl (C=O) groups is 1. The monoisotopic (exact) mass is 403 g/mol. The van der Waals surface area contributed by atoms with Crippen LogP contribution in [0.4, 0.5) is 8.78 Å². The van der Waals surface area contributed by atoms with Gasteiger partial charge < -0.3 is 4.74 Å². The molecular weight excluding hydrogens is 394 g/mol. The maximum absolute atomic E-state index is 13.3. The van der Waals surface area contributed by atoms with Gasteiger partial charge in [0, 0.05) is 5.56 Å². The Morgan fingerprint density at radius 1 is 1.26 bits per heavy atom. The van der Waals surface area contributed by atoms with Gasteiger partial charge in [0.05, 0.1) is 5.92 Å². The van der Waals surface area contributed by atoms with Crippen LogP contribution in [0.3, 0.4) is 0 Å². The molecule has 0 saturated heterocycles. The molecule has 23 heavy (non-hydrogen) atoms. The topological polar surface area (TPSA) is 39.2 Å². The van der Waals surface area contributed by atoms with Crippen LogP contribution >= 0.6 is 46.4 Å². The highest BCUT2D eigenvalue weighted by Crippen LogP contribution is 2.60. The Labute approximate surface area is 151 Å². The molecule has 9 heteroatoms. The highest BCUT2D eigenvalue weighted by molar-refractivity contribution is 6.55. The first-order valence-electron chi connectivity index (χ1n) is 6.45. The minimum absolute atomic E-state index is 0.0581. The van der Waals surface area contributed by atoms with E-state index in [1.807, 2.05) is 13.8 Å². The number of halogens is 6. The molecule has 0 aliphatic heterocycles. The number of nitrogens with zero attached hydrogens (tertiary/aromatic N) is 1. The Bertz CT molecular complexity index is 664. The quantitative estimate of drug-likeness (QED) is 0.504. The third-order valence-electron chi connectivity index (χ3n) is 3.92. The standard InChI is InChI=1S/C14H11Cl4F2NO2/c1-14(2)6(3-7(15)16)8(14)13(22)23-4-5-9(17)11(19)21-12(20)10(5)18/h3,6,8H,4H2,1-2H3/t6-,8-/m1/s1. The molecule has 126 valence electrons. The van der Waals surface area contributed by atoms with Crippen LogP contribution in [0.1, 0.15) is 19.4 Å². The number of aromatic nitrogens is 1. The van der Waals surface area contributed by atoms with Crippen LogP contribution < -0.4 is 0 Å². The number of hydrogen-bond donors (Lipinski definition) is 0. The maximum atomic E-state index is 13.3. The van der Waals surface area contributed by atoms with Gasteiger partial charge in [-0.3, -0.25) is 4.79 Å². The van der Waals surface area contributed by atoms with Gasteiger partial charge in [0.15, 0.2) is 0 Å². The molecule has 1 fully saturated rings. The molecule has 1 saturated carbocycles. The predicted molar refractivity (Wildman–Crippen MR) is 84.5 cm³/mol. The Kier molecular flexibility index (Phi) is 5.46. The summed E-state index contributed by atoms with van der Waals surface area (Å²) < 4.78 is 31.8. The molecule has 2 atom stereocenters. The fourth-order valence-corrected chi connectivity index (χ4v) is 3.17. The van der Waals surface area contributed by atoms with Gasteiger partial charge in [0.2, 0.25) is 11.9 Å². The van der Waals surface area contributed by atoms with Crippen molar-refractivity contribution in [3.8, 4) is 0 Å². The van der Waals surface area contributed by atoms with Gasteiger partial charge in [-0.15, -0.1) is 0 Å². The van der Waals surface area contributed by atoms with Crippen molar-refractivity contribution in [2.45, 2.75) is 20.5 Å². The van der Waals surface area contributed by atoms with Crippen LogP contribution in [-0.2, 0) is 16.1 Å². The average molecular weight is 405 g/mol. The lowest BCUT2D eigenvalue weighted by Crippen LogP contribution is -2.12. The molecule has 1 aromatic rings. The largest absolute Gasteiger partial charge is 0.460 e. The molecule has 1 aliphatic rings. The molecule has 0 spiro atoms. The average Bonchev–Trinajstić information content (AvgIpc) is 2.96. The molecule has 1 aliphatic carbocycles. The highest BCUT2D eigenvalue weighted by Gasteiger charge is 2.61. The fraction of sp³-hybridized carbons (Fsp3) is 0.429. The summed E-state index contributed by atoms with van der Waals surface area (Å²) in [5.41, 5.74) is -0.554. The number of ether oxygens (including phenoxy) is 1. The number of esters is 1. The number of pyridine rings is 1. The van der Waals surface area contributed by atoms with Crippen LogP contribution in [0.5, 0.6) is 0 Å². The SMILES string of the molecule is CC1(C)[C@H](C=C(Cl)Cl)[C@@H]1C(=O)OCc1c(Cl)c(F)nc(F)c1Cl. The molecular formula is C14H11Cl4F2NO2.